The van der Waals surface area contributed by atoms with Crippen molar-refractivity contribution < 1.29 is 19.1 Å². The first kappa shape index (κ1) is 19.4. The van der Waals surface area contributed by atoms with Crippen molar-refractivity contribution in [3.8, 4) is 0 Å². The van der Waals surface area contributed by atoms with Gasteiger partial charge in [0.15, 0.2) is 0 Å². The zero-order valence-electron chi connectivity index (χ0n) is 18.6. The molecule has 5 bridgehead atoms. The van der Waals surface area contributed by atoms with Gasteiger partial charge >= 0.3 is 11.9 Å². The molecule has 0 aromatic heterocycles. The zero-order chi connectivity index (χ0) is 21.7. The number of hydrogen-bond donors (Lipinski definition) is 0. The minimum absolute atomic E-state index is 0.236. The number of hydrogen-bond acceptors (Lipinski definition) is 6. The molecule has 5 fully saturated rings. The standard InChI is InChI=1S/C25H30N2O4/c1-5-16-12-27-20-10-18(16)25(13-30-14(2)28)21(27)11-24(23(25)31-15(3)29)17-8-6-7-9-19(17)26(4)22(20)24/h5-9,18,20-23H,10-13H2,1-4H3/b16-5-/t18-,20-,21?,22+,23-,24?,25-/m0/s1. The highest BCUT2D eigenvalue weighted by molar-refractivity contribution is 5.71. The molecule has 0 radical (unpaired) electrons. The lowest BCUT2D eigenvalue weighted by Gasteiger charge is -2.62. The third kappa shape index (κ3) is 2.08. The number of carbonyl (C=O) groups is 2. The van der Waals surface area contributed by atoms with E-state index < -0.39 is 5.41 Å². The summed E-state index contributed by atoms with van der Waals surface area (Å²) >= 11 is 0. The monoisotopic (exact) mass is 422 g/mol. The van der Waals surface area contributed by atoms with Crippen LogP contribution in [-0.4, -0.2) is 61.3 Å². The highest BCUT2D eigenvalue weighted by Crippen LogP contribution is 2.73. The molecule has 31 heavy (non-hydrogen) atoms. The van der Waals surface area contributed by atoms with Gasteiger partial charge < -0.3 is 14.4 Å². The Kier molecular flexibility index (Phi) is 3.82. The van der Waals surface area contributed by atoms with Crippen molar-refractivity contribution in [1.29, 1.82) is 0 Å². The van der Waals surface area contributed by atoms with Crippen LogP contribution < -0.4 is 4.90 Å². The van der Waals surface area contributed by atoms with Crippen LogP contribution in [0, 0.1) is 11.3 Å². The number of nitrogens with zero attached hydrogens (tertiary/aromatic N) is 2. The van der Waals surface area contributed by atoms with Crippen molar-refractivity contribution in [3.05, 3.63) is 41.5 Å². The summed E-state index contributed by atoms with van der Waals surface area (Å²) in [5.41, 5.74) is 3.23. The Morgan fingerprint density at radius 2 is 2.00 bits per heavy atom. The third-order valence-corrected chi connectivity index (χ3v) is 9.15. The van der Waals surface area contributed by atoms with Crippen LogP contribution >= 0.6 is 0 Å². The molecule has 6 aliphatic rings. The van der Waals surface area contributed by atoms with Crippen LogP contribution in [0.3, 0.4) is 0 Å². The molecule has 4 saturated heterocycles. The van der Waals surface area contributed by atoms with Gasteiger partial charge in [-0.05, 0) is 37.3 Å². The number of piperidine rings is 4. The minimum atomic E-state index is -0.416. The van der Waals surface area contributed by atoms with E-state index in [1.165, 1.54) is 30.7 Å². The van der Waals surface area contributed by atoms with Gasteiger partial charge in [-0.25, -0.2) is 0 Å². The topological polar surface area (TPSA) is 59.1 Å². The first-order chi connectivity index (χ1) is 14.9. The molecule has 1 spiro atoms. The van der Waals surface area contributed by atoms with Crippen LogP contribution in [0.5, 0.6) is 0 Å². The third-order valence-electron chi connectivity index (χ3n) is 9.15. The number of para-hydroxylation sites is 1. The lowest BCUT2D eigenvalue weighted by Crippen LogP contribution is -2.71. The summed E-state index contributed by atoms with van der Waals surface area (Å²) in [6.07, 6.45) is 3.85. The van der Waals surface area contributed by atoms with Gasteiger partial charge in [0, 0.05) is 45.2 Å². The smallest absolute Gasteiger partial charge is 0.302 e. The van der Waals surface area contributed by atoms with E-state index in [-0.39, 0.29) is 41.5 Å². The van der Waals surface area contributed by atoms with E-state index in [9.17, 15) is 9.59 Å². The summed E-state index contributed by atoms with van der Waals surface area (Å²) < 4.78 is 12.1. The molecule has 1 aliphatic carbocycles. The predicted molar refractivity (Wildman–Crippen MR) is 116 cm³/mol. The van der Waals surface area contributed by atoms with Crippen molar-refractivity contribution in [2.24, 2.45) is 11.3 Å². The Morgan fingerprint density at radius 3 is 2.71 bits per heavy atom. The number of carbonyl (C=O) groups excluding carboxylic acids is 2. The SMILES string of the molecule is C/C=C1/CN2C3CC45c6ccccc6N(C)[C@@H]4[C@@H]2C[C@@H]1[C@]3(COC(C)=O)[C@H]5OC(C)=O. The highest BCUT2D eigenvalue weighted by Gasteiger charge is 2.81. The lowest BCUT2D eigenvalue weighted by molar-refractivity contribution is -0.177. The molecule has 7 rings (SSSR count). The number of allylic oxidation sites excluding steroid dienone is 1. The molecule has 8 atom stereocenters. The summed E-state index contributed by atoms with van der Waals surface area (Å²) in [5, 5.41) is 0. The molecular weight excluding hydrogens is 392 g/mol. The maximum atomic E-state index is 12.5. The van der Waals surface area contributed by atoms with Crippen LogP contribution in [0.1, 0.15) is 39.2 Å². The number of benzene rings is 1. The maximum absolute atomic E-state index is 12.5. The van der Waals surface area contributed by atoms with E-state index >= 15 is 0 Å². The summed E-state index contributed by atoms with van der Waals surface area (Å²) in [7, 11) is 2.19. The summed E-state index contributed by atoms with van der Waals surface area (Å²) in [5.74, 6) is -0.270. The van der Waals surface area contributed by atoms with Gasteiger partial charge in [0.1, 0.15) is 12.7 Å². The fourth-order valence-corrected chi connectivity index (χ4v) is 8.43. The van der Waals surface area contributed by atoms with Crippen molar-refractivity contribution in [2.45, 2.75) is 63.3 Å². The number of likely N-dealkylation sites (N-methyl/N-ethyl adjacent to an activating group) is 1. The van der Waals surface area contributed by atoms with E-state index in [2.05, 4.69) is 54.1 Å². The summed E-state index contributed by atoms with van der Waals surface area (Å²) in [6, 6.07) is 9.49. The zero-order valence-corrected chi connectivity index (χ0v) is 18.6. The molecule has 5 aliphatic heterocycles. The van der Waals surface area contributed by atoms with Crippen LogP contribution in [0.25, 0.3) is 0 Å². The Labute approximate surface area is 183 Å². The second-order valence-corrected chi connectivity index (χ2v) is 10.1. The quantitative estimate of drug-likeness (QED) is 0.551. The van der Waals surface area contributed by atoms with Crippen LogP contribution in [0.4, 0.5) is 5.69 Å². The van der Waals surface area contributed by atoms with Gasteiger partial charge in [0.25, 0.3) is 0 Å². The molecule has 164 valence electrons. The van der Waals surface area contributed by atoms with E-state index in [4.69, 9.17) is 9.47 Å². The van der Waals surface area contributed by atoms with E-state index in [1.807, 2.05) is 0 Å². The minimum Gasteiger partial charge on any atom is -0.465 e. The van der Waals surface area contributed by atoms with Crippen molar-refractivity contribution in [1.82, 2.24) is 4.90 Å². The fourth-order valence-electron chi connectivity index (χ4n) is 8.43. The van der Waals surface area contributed by atoms with Gasteiger partial charge in [-0.1, -0.05) is 29.8 Å². The molecule has 5 heterocycles. The van der Waals surface area contributed by atoms with Gasteiger partial charge in [0.2, 0.25) is 0 Å². The lowest BCUT2D eigenvalue weighted by atomic mass is 9.59. The van der Waals surface area contributed by atoms with E-state index in [1.54, 1.807) is 0 Å². The first-order valence-corrected chi connectivity index (χ1v) is 11.4. The molecular formula is C25H30N2O4. The van der Waals surface area contributed by atoms with Crippen molar-refractivity contribution >= 4 is 17.6 Å². The molecule has 6 heteroatoms. The molecule has 6 nitrogen and oxygen atoms in total. The van der Waals surface area contributed by atoms with Crippen molar-refractivity contribution in [2.75, 3.05) is 25.1 Å². The Morgan fingerprint density at radius 1 is 1.23 bits per heavy atom. The highest BCUT2D eigenvalue weighted by atomic mass is 16.6. The van der Waals surface area contributed by atoms with E-state index in [0.29, 0.717) is 12.6 Å². The van der Waals surface area contributed by atoms with Crippen molar-refractivity contribution in [3.63, 3.8) is 0 Å². The largest absolute Gasteiger partial charge is 0.465 e. The molecule has 3 unspecified atom stereocenters. The number of ether oxygens (including phenoxy) is 2. The van der Waals surface area contributed by atoms with Crippen LogP contribution in [-0.2, 0) is 24.5 Å². The average molecular weight is 423 g/mol. The van der Waals surface area contributed by atoms with Gasteiger partial charge in [-0.15, -0.1) is 0 Å². The number of rotatable bonds is 3. The Balaban J connectivity index is 1.63. The Bertz CT molecular complexity index is 1020. The normalized spacial score (nSPS) is 44.4. The number of esters is 2. The average Bonchev–Trinajstić information content (AvgIpc) is 3.13. The number of fused-ring (bicyclic) bond motifs is 2. The summed E-state index contributed by atoms with van der Waals surface area (Å²) in [6.45, 7) is 6.35. The number of anilines is 1. The molecule has 1 aromatic rings. The second-order valence-electron chi connectivity index (χ2n) is 10.1. The van der Waals surface area contributed by atoms with Crippen LogP contribution in [0.15, 0.2) is 35.9 Å². The Hall–Kier alpha value is -2.34. The molecule has 1 aromatic carbocycles. The van der Waals surface area contributed by atoms with E-state index in [0.717, 1.165) is 19.4 Å². The van der Waals surface area contributed by atoms with Gasteiger partial charge in [0.05, 0.1) is 16.9 Å². The predicted octanol–water partition coefficient (Wildman–Crippen LogP) is 2.66. The molecule has 0 N–H and O–H groups in total. The maximum Gasteiger partial charge on any atom is 0.302 e. The molecule has 1 saturated carbocycles. The fraction of sp³-hybridized carbons (Fsp3) is 0.600. The van der Waals surface area contributed by atoms with Crippen LogP contribution in [0.2, 0.25) is 0 Å². The van der Waals surface area contributed by atoms with Gasteiger partial charge in [-0.2, -0.15) is 0 Å². The first-order valence-electron chi connectivity index (χ1n) is 11.4. The molecule has 0 amide bonds. The van der Waals surface area contributed by atoms with Gasteiger partial charge in [-0.3, -0.25) is 14.5 Å². The second kappa shape index (κ2) is 6.12. The summed E-state index contributed by atoms with van der Waals surface area (Å²) in [4.78, 5) is 29.5.